The highest BCUT2D eigenvalue weighted by molar-refractivity contribution is 6.67. The summed E-state index contributed by atoms with van der Waals surface area (Å²) in [6.07, 6.45) is 3.38. The van der Waals surface area contributed by atoms with Gasteiger partial charge in [-0.2, -0.15) is 9.97 Å². The first-order chi connectivity index (χ1) is 13.5. The fraction of sp³-hybridized carbons (Fsp3) is 0.500. The second kappa shape index (κ2) is 9.47. The fourth-order valence-electron chi connectivity index (χ4n) is 3.21. The first-order valence-corrected chi connectivity index (χ1v) is 11.3. The number of benzene rings is 1. The molecule has 1 unspecified atom stereocenters. The van der Waals surface area contributed by atoms with E-state index in [4.69, 9.17) is 69.6 Å². The van der Waals surface area contributed by atoms with Crippen molar-refractivity contribution < 1.29 is 0 Å². The molecule has 29 heavy (non-hydrogen) atoms. The minimum Gasteiger partial charge on any atom is -0.354 e. The van der Waals surface area contributed by atoms with Crippen molar-refractivity contribution in [1.29, 1.82) is 0 Å². The maximum absolute atomic E-state index is 6.02. The quantitative estimate of drug-likeness (QED) is 0.486. The van der Waals surface area contributed by atoms with Crippen LogP contribution in [0.4, 0.5) is 5.95 Å². The van der Waals surface area contributed by atoms with E-state index in [1.807, 2.05) is 0 Å². The maximum atomic E-state index is 6.02. The van der Waals surface area contributed by atoms with Crippen LogP contribution in [0.2, 0.25) is 0 Å². The van der Waals surface area contributed by atoms with Crippen LogP contribution in [-0.2, 0) is 7.59 Å². The van der Waals surface area contributed by atoms with E-state index >= 15 is 0 Å². The summed E-state index contributed by atoms with van der Waals surface area (Å²) in [5, 5.41) is 3.22. The SMILES string of the molecule is CN1CCCC1CCNc1nc(-c2ccc(C(Cl)(Cl)Cl)cc2)nc(C(Cl)(Cl)Cl)n1. The molecule has 1 atom stereocenters. The Morgan fingerprint density at radius 2 is 1.69 bits per heavy atom. The average Bonchev–Trinajstić information content (AvgIpc) is 3.05. The molecule has 1 aliphatic rings. The van der Waals surface area contributed by atoms with E-state index < -0.39 is 7.59 Å². The number of anilines is 1. The largest absolute Gasteiger partial charge is 0.354 e. The van der Waals surface area contributed by atoms with Crippen LogP contribution in [-0.4, -0.2) is 46.0 Å². The van der Waals surface area contributed by atoms with Crippen molar-refractivity contribution >= 4 is 75.6 Å². The van der Waals surface area contributed by atoms with Gasteiger partial charge in [-0.1, -0.05) is 93.9 Å². The summed E-state index contributed by atoms with van der Waals surface area (Å²) in [6.45, 7) is 1.83. The van der Waals surface area contributed by atoms with Gasteiger partial charge >= 0.3 is 0 Å². The van der Waals surface area contributed by atoms with E-state index in [1.54, 1.807) is 24.3 Å². The fourth-order valence-corrected chi connectivity index (χ4v) is 3.85. The highest BCUT2D eigenvalue weighted by atomic mass is 35.6. The Kier molecular flexibility index (Phi) is 7.64. The summed E-state index contributed by atoms with van der Waals surface area (Å²) in [6, 6.07) is 7.40. The van der Waals surface area contributed by atoms with E-state index in [9.17, 15) is 0 Å². The molecule has 0 aliphatic carbocycles. The Morgan fingerprint density at radius 1 is 1.00 bits per heavy atom. The van der Waals surface area contributed by atoms with Crippen molar-refractivity contribution in [2.24, 2.45) is 0 Å². The highest BCUT2D eigenvalue weighted by Gasteiger charge is 2.29. The topological polar surface area (TPSA) is 53.9 Å². The molecule has 11 heteroatoms. The van der Waals surface area contributed by atoms with Crippen LogP contribution in [0, 0.1) is 0 Å². The van der Waals surface area contributed by atoms with E-state index in [0.29, 0.717) is 35.5 Å². The van der Waals surface area contributed by atoms with Gasteiger partial charge < -0.3 is 10.2 Å². The molecule has 2 heterocycles. The molecule has 0 amide bonds. The third-order valence-corrected chi connectivity index (χ3v) is 5.95. The van der Waals surface area contributed by atoms with Gasteiger partial charge in [0, 0.05) is 23.7 Å². The lowest BCUT2D eigenvalue weighted by molar-refractivity contribution is 0.301. The van der Waals surface area contributed by atoms with Crippen LogP contribution in [0.15, 0.2) is 24.3 Å². The molecule has 3 rings (SSSR count). The molecule has 1 saturated heterocycles. The summed E-state index contributed by atoms with van der Waals surface area (Å²) in [4.78, 5) is 15.4. The van der Waals surface area contributed by atoms with Crippen LogP contribution in [0.25, 0.3) is 11.4 Å². The van der Waals surface area contributed by atoms with Gasteiger partial charge in [0.1, 0.15) is 0 Å². The maximum Gasteiger partial charge on any atom is 0.250 e. The number of alkyl halides is 6. The predicted molar refractivity (Wildman–Crippen MR) is 122 cm³/mol. The number of aromatic nitrogens is 3. The number of likely N-dealkylation sites (tertiary alicyclic amines) is 1. The first kappa shape index (κ1) is 23.4. The van der Waals surface area contributed by atoms with Crippen molar-refractivity contribution in [3.8, 4) is 11.4 Å². The van der Waals surface area contributed by atoms with E-state index in [-0.39, 0.29) is 5.82 Å². The van der Waals surface area contributed by atoms with Crippen molar-refractivity contribution in [3.05, 3.63) is 35.7 Å². The second-order valence-corrected chi connectivity index (χ2v) is 11.4. The summed E-state index contributed by atoms with van der Waals surface area (Å²) in [5.74, 6) is 0.749. The molecule has 158 valence electrons. The third kappa shape index (κ3) is 6.36. The van der Waals surface area contributed by atoms with Crippen molar-refractivity contribution in [1.82, 2.24) is 19.9 Å². The molecular formula is C18H19Cl6N5. The lowest BCUT2D eigenvalue weighted by Crippen LogP contribution is -2.27. The van der Waals surface area contributed by atoms with Gasteiger partial charge in [0.2, 0.25) is 13.5 Å². The zero-order valence-corrected chi connectivity index (χ0v) is 20.0. The Balaban J connectivity index is 1.82. The van der Waals surface area contributed by atoms with Gasteiger partial charge in [-0.05, 0) is 32.9 Å². The molecule has 2 aromatic rings. The number of nitrogens with one attached hydrogen (secondary N) is 1. The molecule has 1 aliphatic heterocycles. The standard InChI is InChI=1S/C18H19Cl6N5/c1-29-10-2-3-13(29)8-9-25-16-27-14(26-15(28-16)18(22,23)24)11-4-6-12(7-5-11)17(19,20)21/h4-7,13H,2-3,8-10H2,1H3,(H,25,26,27,28). The molecule has 5 nitrogen and oxygen atoms in total. The molecule has 0 spiro atoms. The third-order valence-electron chi connectivity index (χ3n) is 4.79. The Bertz CT molecular complexity index is 834. The number of hydrogen-bond acceptors (Lipinski definition) is 5. The normalized spacial score (nSPS) is 18.2. The Labute approximate surface area is 200 Å². The van der Waals surface area contributed by atoms with E-state index in [0.717, 1.165) is 13.0 Å². The monoisotopic (exact) mass is 515 g/mol. The number of rotatable bonds is 5. The first-order valence-electron chi connectivity index (χ1n) is 8.99. The molecule has 0 saturated carbocycles. The Morgan fingerprint density at radius 3 is 2.24 bits per heavy atom. The van der Waals surface area contributed by atoms with E-state index in [2.05, 4.69) is 32.2 Å². The van der Waals surface area contributed by atoms with Gasteiger partial charge in [0.15, 0.2) is 11.6 Å². The number of hydrogen-bond donors (Lipinski definition) is 1. The second-order valence-electron chi connectivity index (χ2n) is 6.87. The van der Waals surface area contributed by atoms with Gasteiger partial charge in [-0.15, -0.1) is 0 Å². The number of nitrogens with zero attached hydrogens (tertiary/aromatic N) is 4. The predicted octanol–water partition coefficient (Wildman–Crippen LogP) is 6.09. The molecule has 1 aromatic carbocycles. The van der Waals surface area contributed by atoms with Gasteiger partial charge in [-0.25, -0.2) is 4.98 Å². The van der Waals surface area contributed by atoms with Crippen LogP contribution < -0.4 is 5.32 Å². The van der Waals surface area contributed by atoms with E-state index in [1.165, 1.54) is 12.8 Å². The summed E-state index contributed by atoms with van der Waals surface area (Å²) in [5.41, 5.74) is 1.21. The van der Waals surface area contributed by atoms with Crippen LogP contribution in [0.3, 0.4) is 0 Å². The lowest BCUT2D eigenvalue weighted by atomic mass is 10.1. The number of halogens is 6. The summed E-state index contributed by atoms with van der Waals surface area (Å²) in [7, 11) is 2.14. The van der Waals surface area contributed by atoms with Gasteiger partial charge in [0.25, 0.3) is 0 Å². The smallest absolute Gasteiger partial charge is 0.250 e. The summed E-state index contributed by atoms with van der Waals surface area (Å²) < 4.78 is -3.29. The molecule has 0 bridgehead atoms. The Hall–Kier alpha value is -0.270. The summed E-state index contributed by atoms with van der Waals surface area (Å²) >= 11 is 35.8. The molecule has 0 radical (unpaired) electrons. The zero-order valence-electron chi connectivity index (χ0n) is 15.5. The molecule has 1 fully saturated rings. The molecule has 1 N–H and O–H groups in total. The van der Waals surface area contributed by atoms with Crippen molar-refractivity contribution in [2.75, 3.05) is 25.5 Å². The van der Waals surface area contributed by atoms with Crippen LogP contribution in [0.5, 0.6) is 0 Å². The highest BCUT2D eigenvalue weighted by Crippen LogP contribution is 2.39. The molecule has 1 aromatic heterocycles. The minimum absolute atomic E-state index is 0.0402. The molecular weight excluding hydrogens is 499 g/mol. The van der Waals surface area contributed by atoms with Crippen molar-refractivity contribution in [3.63, 3.8) is 0 Å². The minimum atomic E-state index is -1.78. The van der Waals surface area contributed by atoms with Gasteiger partial charge in [-0.3, -0.25) is 0 Å². The average molecular weight is 518 g/mol. The zero-order chi connectivity index (χ0) is 21.2. The van der Waals surface area contributed by atoms with Crippen molar-refractivity contribution in [2.45, 2.75) is 32.9 Å². The van der Waals surface area contributed by atoms with Gasteiger partial charge in [0.05, 0.1) is 0 Å². The lowest BCUT2D eigenvalue weighted by Gasteiger charge is -2.19. The van der Waals surface area contributed by atoms with Crippen LogP contribution in [0.1, 0.15) is 30.7 Å². The van der Waals surface area contributed by atoms with Crippen LogP contribution >= 0.6 is 69.6 Å².